The quantitative estimate of drug-likeness (QED) is 0.723. The molecule has 1 aromatic carbocycles. The van der Waals surface area contributed by atoms with Crippen molar-refractivity contribution in [3.05, 3.63) is 62.2 Å². The summed E-state index contributed by atoms with van der Waals surface area (Å²) in [5, 5.41) is 10.1. The number of pyridine rings is 1. The molecule has 24 heavy (non-hydrogen) atoms. The number of fused-ring (bicyclic) bond motifs is 1. The van der Waals surface area contributed by atoms with E-state index in [9.17, 15) is 9.18 Å². The molecule has 3 rings (SSSR count). The summed E-state index contributed by atoms with van der Waals surface area (Å²) < 4.78 is 15.0. The van der Waals surface area contributed by atoms with Gasteiger partial charge in [-0.3, -0.25) is 14.6 Å². The van der Waals surface area contributed by atoms with Crippen LogP contribution in [0.2, 0.25) is 0 Å². The molecule has 2 heterocycles. The number of rotatable bonds is 5. The van der Waals surface area contributed by atoms with Crippen LogP contribution in [0.4, 0.5) is 4.39 Å². The first-order valence-corrected chi connectivity index (χ1v) is 8.63. The molecule has 0 unspecified atom stereocenters. The van der Waals surface area contributed by atoms with Gasteiger partial charge < -0.3 is 5.11 Å². The molecule has 1 aliphatic rings. The summed E-state index contributed by atoms with van der Waals surface area (Å²) in [5.74, 6) is -0.566. The van der Waals surface area contributed by atoms with Crippen molar-refractivity contribution in [1.29, 1.82) is 0 Å². The molecule has 7 heteroatoms. The summed E-state index contributed by atoms with van der Waals surface area (Å²) in [5.41, 5.74) is 2.56. The van der Waals surface area contributed by atoms with E-state index in [1.165, 1.54) is 11.1 Å². The fourth-order valence-electron chi connectivity index (χ4n) is 2.74. The third-order valence-electron chi connectivity index (χ3n) is 3.86. The molecule has 5 nitrogen and oxygen atoms in total. The minimum absolute atomic E-state index is 0.0627. The van der Waals surface area contributed by atoms with Crippen LogP contribution >= 0.6 is 22.6 Å². The van der Waals surface area contributed by atoms with Gasteiger partial charge in [0.05, 0.1) is 25.3 Å². The second-order valence-corrected chi connectivity index (χ2v) is 6.70. The van der Waals surface area contributed by atoms with E-state index in [0.29, 0.717) is 36.1 Å². The second kappa shape index (κ2) is 7.54. The molecule has 1 N–H and O–H groups in total. The van der Waals surface area contributed by atoms with Crippen molar-refractivity contribution in [3.8, 4) is 0 Å². The summed E-state index contributed by atoms with van der Waals surface area (Å²) >= 11 is 2.06. The molecule has 1 aliphatic heterocycles. The standard InChI is InChI=1S/C17H16FIN2O3/c18-15-8-14(19)2-1-11(15)7-13-10-20-9-12-3-4-21(24-6-5-22)17(23)16(12)13/h1-2,8-10,22H,3-7H2. The SMILES string of the molecule is O=C1c2c(cncc2Cc2ccc(I)cc2F)CCN1OCCO. The fraction of sp³-hybridized carbons (Fsp3) is 0.294. The molecule has 1 aromatic heterocycles. The van der Waals surface area contributed by atoms with Crippen LogP contribution in [-0.4, -0.2) is 40.8 Å². The molecule has 0 saturated heterocycles. The van der Waals surface area contributed by atoms with E-state index in [4.69, 9.17) is 9.94 Å². The zero-order valence-corrected chi connectivity index (χ0v) is 15.0. The summed E-state index contributed by atoms with van der Waals surface area (Å²) in [6.45, 7) is 0.315. The van der Waals surface area contributed by atoms with Gasteiger partial charge >= 0.3 is 0 Å². The molecular formula is C17H16FIN2O3. The Morgan fingerprint density at radius 3 is 2.92 bits per heavy atom. The molecular weight excluding hydrogens is 426 g/mol. The Labute approximate surface area is 152 Å². The Kier molecular flexibility index (Phi) is 5.42. The van der Waals surface area contributed by atoms with Gasteiger partial charge in [-0.05, 0) is 57.8 Å². The van der Waals surface area contributed by atoms with Crippen molar-refractivity contribution < 1.29 is 19.1 Å². The Morgan fingerprint density at radius 1 is 1.33 bits per heavy atom. The number of aliphatic hydroxyl groups is 1. The van der Waals surface area contributed by atoms with Gasteiger partial charge in [-0.2, -0.15) is 0 Å². The van der Waals surface area contributed by atoms with E-state index in [0.717, 1.165) is 9.13 Å². The van der Waals surface area contributed by atoms with E-state index in [2.05, 4.69) is 27.6 Å². The number of carbonyl (C=O) groups is 1. The summed E-state index contributed by atoms with van der Waals surface area (Å²) in [6.07, 6.45) is 4.18. The van der Waals surface area contributed by atoms with E-state index < -0.39 is 0 Å². The highest BCUT2D eigenvalue weighted by Gasteiger charge is 2.28. The lowest BCUT2D eigenvalue weighted by Gasteiger charge is -2.28. The maximum Gasteiger partial charge on any atom is 0.278 e. The summed E-state index contributed by atoms with van der Waals surface area (Å²) in [6, 6.07) is 5.03. The largest absolute Gasteiger partial charge is 0.394 e. The van der Waals surface area contributed by atoms with E-state index in [1.54, 1.807) is 18.5 Å². The number of aromatic nitrogens is 1. The van der Waals surface area contributed by atoms with Crippen molar-refractivity contribution in [3.63, 3.8) is 0 Å². The molecule has 1 amide bonds. The number of nitrogens with zero attached hydrogens (tertiary/aromatic N) is 2. The van der Waals surface area contributed by atoms with Crippen LogP contribution in [0.3, 0.4) is 0 Å². The van der Waals surface area contributed by atoms with E-state index in [-0.39, 0.29) is 24.9 Å². The normalized spacial score (nSPS) is 14.0. The molecule has 126 valence electrons. The van der Waals surface area contributed by atoms with Gasteiger partial charge in [0, 0.05) is 22.4 Å². The lowest BCUT2D eigenvalue weighted by Crippen LogP contribution is -2.39. The third-order valence-corrected chi connectivity index (χ3v) is 4.53. The maximum atomic E-state index is 14.1. The van der Waals surface area contributed by atoms with Gasteiger partial charge in [0.2, 0.25) is 0 Å². The molecule has 0 spiro atoms. The van der Waals surface area contributed by atoms with Crippen LogP contribution in [0.5, 0.6) is 0 Å². The molecule has 0 aliphatic carbocycles. The van der Waals surface area contributed by atoms with Gasteiger partial charge in [-0.25, -0.2) is 9.45 Å². The zero-order valence-electron chi connectivity index (χ0n) is 12.8. The van der Waals surface area contributed by atoms with Gasteiger partial charge in [0.1, 0.15) is 5.82 Å². The minimum atomic E-state index is -0.295. The van der Waals surface area contributed by atoms with Crippen LogP contribution in [0, 0.1) is 9.39 Å². The topological polar surface area (TPSA) is 62.7 Å². The van der Waals surface area contributed by atoms with Gasteiger partial charge in [0.25, 0.3) is 5.91 Å². The number of aliphatic hydroxyl groups excluding tert-OH is 1. The predicted molar refractivity (Wildman–Crippen MR) is 93.9 cm³/mol. The molecule has 0 atom stereocenters. The Bertz CT molecular complexity index is 769. The first-order valence-electron chi connectivity index (χ1n) is 7.55. The van der Waals surface area contributed by atoms with Crippen LogP contribution in [0.25, 0.3) is 0 Å². The highest BCUT2D eigenvalue weighted by Crippen LogP contribution is 2.25. The summed E-state index contributed by atoms with van der Waals surface area (Å²) in [4.78, 5) is 22.1. The smallest absolute Gasteiger partial charge is 0.278 e. The lowest BCUT2D eigenvalue weighted by atomic mass is 9.94. The lowest BCUT2D eigenvalue weighted by molar-refractivity contribution is -0.132. The first kappa shape index (κ1) is 17.2. The third kappa shape index (κ3) is 3.57. The highest BCUT2D eigenvalue weighted by atomic mass is 127. The number of hydrogen-bond acceptors (Lipinski definition) is 4. The van der Waals surface area contributed by atoms with Crippen molar-refractivity contribution in [1.82, 2.24) is 10.0 Å². The van der Waals surface area contributed by atoms with Crippen LogP contribution in [0.1, 0.15) is 27.0 Å². The molecule has 0 fully saturated rings. The number of hydrogen-bond donors (Lipinski definition) is 1. The Hall–Kier alpha value is -1.58. The van der Waals surface area contributed by atoms with Crippen molar-refractivity contribution in [2.24, 2.45) is 0 Å². The van der Waals surface area contributed by atoms with Gasteiger partial charge in [-0.15, -0.1) is 0 Å². The average Bonchev–Trinajstić information content (AvgIpc) is 2.57. The zero-order chi connectivity index (χ0) is 17.1. The highest BCUT2D eigenvalue weighted by molar-refractivity contribution is 14.1. The number of hydroxylamine groups is 2. The molecule has 0 bridgehead atoms. The van der Waals surface area contributed by atoms with E-state index in [1.807, 2.05) is 6.07 Å². The minimum Gasteiger partial charge on any atom is -0.394 e. The molecule has 2 aromatic rings. The van der Waals surface area contributed by atoms with E-state index >= 15 is 0 Å². The Morgan fingerprint density at radius 2 is 2.17 bits per heavy atom. The molecule has 0 radical (unpaired) electrons. The number of benzene rings is 1. The monoisotopic (exact) mass is 442 g/mol. The predicted octanol–water partition coefficient (Wildman–Crippen LogP) is 2.34. The van der Waals surface area contributed by atoms with Crippen molar-refractivity contribution in [2.75, 3.05) is 19.8 Å². The first-order chi connectivity index (χ1) is 11.6. The van der Waals surface area contributed by atoms with Crippen LogP contribution in [0.15, 0.2) is 30.6 Å². The Balaban J connectivity index is 1.92. The van der Waals surface area contributed by atoms with Crippen LogP contribution < -0.4 is 0 Å². The fourth-order valence-corrected chi connectivity index (χ4v) is 3.20. The van der Waals surface area contributed by atoms with Gasteiger partial charge in [-0.1, -0.05) is 6.07 Å². The average molecular weight is 442 g/mol. The second-order valence-electron chi connectivity index (χ2n) is 5.46. The summed E-state index contributed by atoms with van der Waals surface area (Å²) in [7, 11) is 0. The maximum absolute atomic E-state index is 14.1. The number of carbonyl (C=O) groups excluding carboxylic acids is 1. The molecule has 0 saturated carbocycles. The van der Waals surface area contributed by atoms with Crippen molar-refractivity contribution in [2.45, 2.75) is 12.8 Å². The van der Waals surface area contributed by atoms with Crippen molar-refractivity contribution >= 4 is 28.5 Å². The number of halogens is 2. The van der Waals surface area contributed by atoms with Gasteiger partial charge in [0.15, 0.2) is 0 Å². The number of amides is 1. The van der Waals surface area contributed by atoms with Crippen LogP contribution in [-0.2, 0) is 17.7 Å².